The molecule has 1 N–H and O–H groups in total. The number of aromatic nitrogens is 1. The van der Waals surface area contributed by atoms with E-state index in [4.69, 9.17) is 9.47 Å². The fraction of sp³-hybridized carbons (Fsp3) is 0.581. The Kier molecular flexibility index (Phi) is 9.41. The van der Waals surface area contributed by atoms with Crippen LogP contribution in [-0.4, -0.2) is 86.1 Å². The second kappa shape index (κ2) is 13.4. The predicted octanol–water partition coefficient (Wildman–Crippen LogP) is 3.33. The lowest BCUT2D eigenvalue weighted by atomic mass is 9.99. The van der Waals surface area contributed by atoms with E-state index in [9.17, 15) is 9.59 Å². The van der Waals surface area contributed by atoms with Crippen LogP contribution in [0.5, 0.6) is 11.5 Å². The van der Waals surface area contributed by atoms with Crippen molar-refractivity contribution in [2.75, 3.05) is 58.4 Å². The Morgan fingerprint density at radius 1 is 0.950 bits per heavy atom. The summed E-state index contributed by atoms with van der Waals surface area (Å²) in [6.07, 6.45) is 7.40. The van der Waals surface area contributed by atoms with E-state index in [2.05, 4.69) is 26.2 Å². The SMILES string of the molecule is COc1cccc(CN2CCCCCCNC(=O)C3CC(C(=O)N4CCN(c5ccccn5)CC4)CC32)c1OC. The van der Waals surface area contributed by atoms with Gasteiger partial charge in [0.25, 0.3) is 0 Å². The average molecular weight is 550 g/mol. The first-order valence-corrected chi connectivity index (χ1v) is 14.8. The summed E-state index contributed by atoms with van der Waals surface area (Å²) in [6, 6.07) is 11.9. The monoisotopic (exact) mass is 549 g/mol. The molecule has 2 amide bonds. The highest BCUT2D eigenvalue weighted by molar-refractivity contribution is 5.84. The number of methoxy groups -OCH3 is 2. The summed E-state index contributed by atoms with van der Waals surface area (Å²) < 4.78 is 11.3. The standard InChI is InChI=1S/C31H43N5O4/c1-39-27-11-9-10-23(29(27)40-2)22-36-15-8-4-3-6-14-33-30(37)25-20-24(21-26(25)36)31(38)35-18-16-34(17-19-35)28-12-5-7-13-32-28/h5,7,9-13,24-26H,3-4,6,8,14-22H2,1-2H3,(H,33,37). The molecule has 1 aromatic heterocycles. The van der Waals surface area contributed by atoms with Crippen molar-refractivity contribution < 1.29 is 19.1 Å². The van der Waals surface area contributed by atoms with Gasteiger partial charge in [-0.05, 0) is 50.4 Å². The summed E-state index contributed by atoms with van der Waals surface area (Å²) in [6.45, 7) is 5.14. The van der Waals surface area contributed by atoms with Crippen LogP contribution in [0.2, 0.25) is 0 Å². The van der Waals surface area contributed by atoms with Crippen LogP contribution < -0.4 is 19.7 Å². The smallest absolute Gasteiger partial charge is 0.225 e. The van der Waals surface area contributed by atoms with E-state index < -0.39 is 0 Å². The van der Waals surface area contributed by atoms with E-state index in [0.29, 0.717) is 44.8 Å². The fourth-order valence-corrected chi connectivity index (χ4v) is 6.65. The lowest BCUT2D eigenvalue weighted by molar-refractivity contribution is -0.135. The maximum atomic E-state index is 13.8. The molecule has 5 rings (SSSR count). The highest BCUT2D eigenvalue weighted by Gasteiger charge is 2.45. The summed E-state index contributed by atoms with van der Waals surface area (Å²) in [4.78, 5) is 38.4. The van der Waals surface area contributed by atoms with Gasteiger partial charge in [0, 0.05) is 63.0 Å². The molecule has 9 nitrogen and oxygen atoms in total. The third kappa shape index (κ3) is 6.35. The van der Waals surface area contributed by atoms with Crippen LogP contribution in [0.15, 0.2) is 42.6 Å². The van der Waals surface area contributed by atoms with Crippen LogP contribution in [0.3, 0.4) is 0 Å². The Balaban J connectivity index is 1.33. The molecule has 1 aliphatic carbocycles. The van der Waals surface area contributed by atoms with Crippen molar-refractivity contribution in [3.05, 3.63) is 48.2 Å². The normalized spacial score (nSPS) is 24.6. The molecular formula is C31H43N5O4. The Bertz CT molecular complexity index is 1140. The van der Waals surface area contributed by atoms with E-state index in [1.807, 2.05) is 41.4 Å². The quantitative estimate of drug-likeness (QED) is 0.592. The highest BCUT2D eigenvalue weighted by Crippen LogP contribution is 2.39. The molecular weight excluding hydrogens is 506 g/mol. The Labute approximate surface area is 237 Å². The van der Waals surface area contributed by atoms with Gasteiger partial charge in [0.05, 0.1) is 20.1 Å². The van der Waals surface area contributed by atoms with E-state index in [0.717, 1.165) is 62.4 Å². The van der Waals surface area contributed by atoms with Crippen molar-refractivity contribution in [2.24, 2.45) is 11.8 Å². The average Bonchev–Trinajstić information content (AvgIpc) is 3.44. The number of hydrogen-bond donors (Lipinski definition) is 1. The Morgan fingerprint density at radius 2 is 1.77 bits per heavy atom. The number of para-hydroxylation sites is 1. The maximum Gasteiger partial charge on any atom is 0.225 e. The number of ether oxygens (including phenoxy) is 2. The molecule has 0 radical (unpaired) electrons. The largest absolute Gasteiger partial charge is 0.493 e. The highest BCUT2D eigenvalue weighted by atomic mass is 16.5. The van der Waals surface area contributed by atoms with Crippen LogP contribution >= 0.6 is 0 Å². The van der Waals surface area contributed by atoms with E-state index in [1.54, 1.807) is 14.2 Å². The number of amides is 2. The van der Waals surface area contributed by atoms with Crippen molar-refractivity contribution in [3.63, 3.8) is 0 Å². The van der Waals surface area contributed by atoms with E-state index >= 15 is 0 Å². The molecule has 0 spiro atoms. The summed E-state index contributed by atoms with van der Waals surface area (Å²) in [7, 11) is 3.32. The number of piperazine rings is 1. The second-order valence-electron chi connectivity index (χ2n) is 11.2. The molecule has 0 bridgehead atoms. The van der Waals surface area contributed by atoms with Gasteiger partial charge < -0.3 is 24.6 Å². The molecule has 1 aromatic carbocycles. The lowest BCUT2D eigenvalue weighted by Crippen LogP contribution is -2.50. The van der Waals surface area contributed by atoms with Crippen molar-refractivity contribution in [3.8, 4) is 11.5 Å². The van der Waals surface area contributed by atoms with Gasteiger partial charge in [-0.2, -0.15) is 0 Å². The molecule has 2 aliphatic heterocycles. The van der Waals surface area contributed by atoms with Crippen LogP contribution in [0, 0.1) is 11.8 Å². The number of nitrogens with one attached hydrogen (secondary N) is 1. The van der Waals surface area contributed by atoms with Crippen LogP contribution in [0.25, 0.3) is 0 Å². The summed E-state index contributed by atoms with van der Waals surface area (Å²) in [5, 5.41) is 3.19. The van der Waals surface area contributed by atoms with Gasteiger partial charge in [-0.1, -0.05) is 31.0 Å². The van der Waals surface area contributed by atoms with Crippen LogP contribution in [-0.2, 0) is 16.1 Å². The summed E-state index contributed by atoms with van der Waals surface area (Å²) >= 11 is 0. The van der Waals surface area contributed by atoms with Gasteiger partial charge in [-0.3, -0.25) is 14.5 Å². The van der Waals surface area contributed by atoms with Gasteiger partial charge >= 0.3 is 0 Å². The molecule has 216 valence electrons. The van der Waals surface area contributed by atoms with Crippen molar-refractivity contribution in [1.29, 1.82) is 0 Å². The Morgan fingerprint density at radius 3 is 2.52 bits per heavy atom. The number of anilines is 1. The number of carbonyl (C=O) groups excluding carboxylic acids is 2. The zero-order valence-corrected chi connectivity index (χ0v) is 23.9. The van der Waals surface area contributed by atoms with Gasteiger partial charge in [-0.25, -0.2) is 4.98 Å². The Hall–Kier alpha value is -3.33. The molecule has 9 heteroatoms. The first-order chi connectivity index (χ1) is 19.6. The number of hydrogen-bond acceptors (Lipinski definition) is 7. The molecule has 2 aromatic rings. The first kappa shape index (κ1) is 28.2. The van der Waals surface area contributed by atoms with Crippen molar-refractivity contribution in [2.45, 2.75) is 51.1 Å². The minimum Gasteiger partial charge on any atom is -0.493 e. The molecule has 40 heavy (non-hydrogen) atoms. The number of fused-ring (bicyclic) bond motifs is 1. The predicted molar refractivity (Wildman–Crippen MR) is 154 cm³/mol. The summed E-state index contributed by atoms with van der Waals surface area (Å²) in [5.74, 6) is 2.31. The van der Waals surface area contributed by atoms with Gasteiger partial charge in [0.15, 0.2) is 11.5 Å². The third-order valence-electron chi connectivity index (χ3n) is 8.78. The number of carbonyl (C=O) groups is 2. The molecule has 3 atom stereocenters. The maximum absolute atomic E-state index is 13.8. The molecule has 1 saturated carbocycles. The minimum atomic E-state index is -0.210. The molecule has 3 unspecified atom stereocenters. The molecule has 3 heterocycles. The van der Waals surface area contributed by atoms with Crippen molar-refractivity contribution >= 4 is 17.6 Å². The molecule has 3 aliphatic rings. The van der Waals surface area contributed by atoms with E-state index in [1.165, 1.54) is 0 Å². The number of benzene rings is 1. The van der Waals surface area contributed by atoms with Gasteiger partial charge in [-0.15, -0.1) is 0 Å². The zero-order chi connectivity index (χ0) is 27.9. The van der Waals surface area contributed by atoms with Gasteiger partial charge in [0.1, 0.15) is 5.82 Å². The number of pyridine rings is 1. The lowest BCUT2D eigenvalue weighted by Gasteiger charge is -2.36. The van der Waals surface area contributed by atoms with E-state index in [-0.39, 0.29) is 29.7 Å². The third-order valence-corrected chi connectivity index (χ3v) is 8.78. The molecule has 2 saturated heterocycles. The first-order valence-electron chi connectivity index (χ1n) is 14.8. The fourth-order valence-electron chi connectivity index (χ4n) is 6.65. The topological polar surface area (TPSA) is 87.2 Å². The van der Waals surface area contributed by atoms with Crippen LogP contribution in [0.1, 0.15) is 44.1 Å². The van der Waals surface area contributed by atoms with Crippen molar-refractivity contribution in [1.82, 2.24) is 20.1 Å². The number of nitrogens with zero attached hydrogens (tertiary/aromatic N) is 4. The molecule has 3 fully saturated rings. The second-order valence-corrected chi connectivity index (χ2v) is 11.2. The number of rotatable bonds is 6. The van der Waals surface area contributed by atoms with Gasteiger partial charge in [0.2, 0.25) is 11.8 Å². The minimum absolute atomic E-state index is 0.00207. The summed E-state index contributed by atoms with van der Waals surface area (Å²) in [5.41, 5.74) is 1.04. The zero-order valence-electron chi connectivity index (χ0n) is 23.9. The van der Waals surface area contributed by atoms with Crippen LogP contribution in [0.4, 0.5) is 5.82 Å².